The summed E-state index contributed by atoms with van der Waals surface area (Å²) >= 11 is 14.2. The van der Waals surface area contributed by atoms with E-state index in [1.54, 1.807) is 0 Å². The normalized spacial score (nSPS) is 11.0. The summed E-state index contributed by atoms with van der Waals surface area (Å²) in [4.78, 5) is 25.2. The Bertz CT molecular complexity index is 1950. The fraction of sp³-hybridized carbons (Fsp3) is 0.0811. The van der Waals surface area contributed by atoms with Crippen LogP contribution in [0.3, 0.4) is 0 Å². The zero-order valence-corrected chi connectivity index (χ0v) is 31.0. The van der Waals surface area contributed by atoms with Gasteiger partial charge in [0.15, 0.2) is 13.2 Å². The predicted molar refractivity (Wildman–Crippen MR) is 203 cm³/mol. The van der Waals surface area contributed by atoms with Crippen molar-refractivity contribution < 1.29 is 19.1 Å². The summed E-state index contributed by atoms with van der Waals surface area (Å²) in [5.74, 6) is 0.711. The number of hydrogen-bond acceptors (Lipinski definition) is 4. The van der Waals surface area contributed by atoms with Gasteiger partial charge in [-0.25, -0.2) is 0 Å². The van der Waals surface area contributed by atoms with Gasteiger partial charge >= 0.3 is 0 Å². The molecule has 0 aliphatic rings. The third-order valence-electron chi connectivity index (χ3n) is 7.36. The number of fused-ring (bicyclic) bond motifs is 2. The summed E-state index contributed by atoms with van der Waals surface area (Å²) in [7, 11) is 0. The van der Waals surface area contributed by atoms with Gasteiger partial charge < -0.3 is 20.1 Å². The molecule has 6 aromatic carbocycles. The van der Waals surface area contributed by atoms with Gasteiger partial charge in [0, 0.05) is 20.3 Å². The second-order valence-electron chi connectivity index (χ2n) is 10.7. The van der Waals surface area contributed by atoms with E-state index in [2.05, 4.69) is 74.4 Å². The Kier molecular flexibility index (Phi) is 10.6. The average molecular weight is 882 g/mol. The number of halogens is 4. The van der Waals surface area contributed by atoms with Crippen LogP contribution < -0.4 is 20.1 Å². The zero-order valence-electron chi connectivity index (χ0n) is 24.7. The van der Waals surface area contributed by atoms with Crippen molar-refractivity contribution in [3.05, 3.63) is 138 Å². The first-order valence-corrected chi connectivity index (χ1v) is 17.7. The summed E-state index contributed by atoms with van der Waals surface area (Å²) < 4.78 is 15.2. The van der Waals surface area contributed by atoms with Crippen LogP contribution >= 0.6 is 63.7 Å². The lowest BCUT2D eigenvalue weighted by Gasteiger charge is -2.12. The maximum absolute atomic E-state index is 12.6. The Morgan fingerprint density at radius 3 is 1.32 bits per heavy atom. The summed E-state index contributed by atoms with van der Waals surface area (Å²) in [6.07, 6.45) is 0.702. The van der Waals surface area contributed by atoms with Gasteiger partial charge in [-0.2, -0.15) is 0 Å². The molecule has 6 rings (SSSR count). The van der Waals surface area contributed by atoms with Crippen LogP contribution in [0.15, 0.2) is 127 Å². The van der Waals surface area contributed by atoms with Gasteiger partial charge in [0.2, 0.25) is 0 Å². The zero-order chi connectivity index (χ0) is 32.9. The molecule has 0 aliphatic heterocycles. The molecule has 47 heavy (non-hydrogen) atoms. The number of amides is 2. The minimum absolute atomic E-state index is 0.114. The van der Waals surface area contributed by atoms with Gasteiger partial charge in [0.05, 0.1) is 8.95 Å². The van der Waals surface area contributed by atoms with E-state index in [0.29, 0.717) is 29.3 Å². The molecular weight excluding hydrogens is 856 g/mol. The average Bonchev–Trinajstić information content (AvgIpc) is 3.06. The first-order chi connectivity index (χ1) is 22.7. The molecule has 0 radical (unpaired) electrons. The molecule has 0 atom stereocenters. The summed E-state index contributed by atoms with van der Waals surface area (Å²) in [5.41, 5.74) is 3.55. The first-order valence-electron chi connectivity index (χ1n) is 14.5. The summed E-state index contributed by atoms with van der Waals surface area (Å²) in [6.45, 7) is -0.229. The minimum atomic E-state index is -0.248. The Labute approximate surface area is 305 Å². The molecule has 0 unspecified atom stereocenters. The van der Waals surface area contributed by atoms with Crippen molar-refractivity contribution in [2.24, 2.45) is 0 Å². The molecule has 6 nitrogen and oxygen atoms in total. The van der Waals surface area contributed by atoms with E-state index < -0.39 is 0 Å². The molecule has 236 valence electrons. The fourth-order valence-electron chi connectivity index (χ4n) is 5.04. The highest BCUT2D eigenvalue weighted by Crippen LogP contribution is 2.35. The molecule has 0 heterocycles. The Morgan fingerprint density at radius 1 is 0.511 bits per heavy atom. The monoisotopic (exact) mass is 878 g/mol. The van der Waals surface area contributed by atoms with Crippen LogP contribution in [0.25, 0.3) is 21.5 Å². The van der Waals surface area contributed by atoms with E-state index >= 15 is 0 Å². The van der Waals surface area contributed by atoms with Crippen molar-refractivity contribution in [2.45, 2.75) is 6.42 Å². The standard InChI is InChI=1S/C37H26Br4N2O4/c38-26-7-13-30-24(18-26)5-15-32(36(30)40)46-20-34(44)42-28-9-1-22(2-10-28)17-23-3-11-29(12-4-23)43-35(45)21-47-33-16-6-25-19-27(39)8-14-31(25)37(33)41/h1-16,18-19H,17,20-21H2,(H,42,44)(H,43,45). The lowest BCUT2D eigenvalue weighted by Crippen LogP contribution is -2.20. The first kappa shape index (κ1) is 33.2. The number of benzene rings is 6. The van der Waals surface area contributed by atoms with E-state index in [9.17, 15) is 9.59 Å². The molecule has 0 saturated heterocycles. The van der Waals surface area contributed by atoms with Crippen LogP contribution in [0, 0.1) is 0 Å². The molecule has 0 aromatic heterocycles. The number of carbonyl (C=O) groups is 2. The van der Waals surface area contributed by atoms with Crippen molar-refractivity contribution in [2.75, 3.05) is 23.8 Å². The highest BCUT2D eigenvalue weighted by atomic mass is 79.9. The van der Waals surface area contributed by atoms with Gasteiger partial charge in [0.1, 0.15) is 11.5 Å². The van der Waals surface area contributed by atoms with Crippen molar-refractivity contribution >= 4 is 108 Å². The van der Waals surface area contributed by atoms with Crippen molar-refractivity contribution in [3.8, 4) is 11.5 Å². The van der Waals surface area contributed by atoms with Gasteiger partial charge in [-0.15, -0.1) is 0 Å². The molecule has 0 aliphatic carbocycles. The molecule has 2 N–H and O–H groups in total. The SMILES string of the molecule is O=C(COc1ccc2cc(Br)ccc2c1Br)Nc1ccc(Cc2ccc(NC(=O)COc3ccc4cc(Br)ccc4c3Br)cc2)cc1. The highest BCUT2D eigenvalue weighted by molar-refractivity contribution is 9.11. The molecule has 0 fully saturated rings. The van der Waals surface area contributed by atoms with Gasteiger partial charge in [0.25, 0.3) is 11.8 Å². The third-order valence-corrected chi connectivity index (χ3v) is 9.98. The minimum Gasteiger partial charge on any atom is -0.483 e. The Morgan fingerprint density at radius 2 is 0.915 bits per heavy atom. The van der Waals surface area contributed by atoms with E-state index in [0.717, 1.165) is 50.6 Å². The number of ether oxygens (including phenoxy) is 2. The molecule has 2 amide bonds. The largest absolute Gasteiger partial charge is 0.483 e. The predicted octanol–water partition coefficient (Wildman–Crippen LogP) is 10.7. The van der Waals surface area contributed by atoms with Crippen molar-refractivity contribution in [3.63, 3.8) is 0 Å². The number of carbonyl (C=O) groups excluding carboxylic acids is 2. The Hall–Kier alpha value is -3.70. The van der Waals surface area contributed by atoms with E-state index in [-0.39, 0.29) is 25.0 Å². The number of hydrogen-bond donors (Lipinski definition) is 2. The molecule has 0 saturated carbocycles. The topological polar surface area (TPSA) is 76.7 Å². The van der Waals surface area contributed by atoms with Crippen LogP contribution in [0.4, 0.5) is 11.4 Å². The quantitative estimate of drug-likeness (QED) is 0.144. The van der Waals surface area contributed by atoms with Crippen LogP contribution in [0.1, 0.15) is 11.1 Å². The number of anilines is 2. The molecule has 10 heteroatoms. The second-order valence-corrected chi connectivity index (χ2v) is 14.1. The van der Waals surface area contributed by atoms with Crippen molar-refractivity contribution in [1.29, 1.82) is 0 Å². The molecular formula is C37H26Br4N2O4. The van der Waals surface area contributed by atoms with E-state index in [4.69, 9.17) is 9.47 Å². The van der Waals surface area contributed by atoms with Crippen LogP contribution in [0.2, 0.25) is 0 Å². The van der Waals surface area contributed by atoms with Gasteiger partial charge in [-0.3, -0.25) is 9.59 Å². The Balaban J connectivity index is 0.965. The highest BCUT2D eigenvalue weighted by Gasteiger charge is 2.12. The van der Waals surface area contributed by atoms with E-state index in [1.165, 1.54) is 0 Å². The maximum atomic E-state index is 12.6. The van der Waals surface area contributed by atoms with Crippen LogP contribution in [-0.4, -0.2) is 25.0 Å². The molecule has 0 bridgehead atoms. The maximum Gasteiger partial charge on any atom is 0.262 e. The third kappa shape index (κ3) is 8.43. The molecule has 6 aromatic rings. The lowest BCUT2D eigenvalue weighted by atomic mass is 10.0. The fourth-order valence-corrected chi connectivity index (χ4v) is 7.01. The van der Waals surface area contributed by atoms with Gasteiger partial charge in [-0.1, -0.05) is 80.4 Å². The summed E-state index contributed by atoms with van der Waals surface area (Å²) in [6, 6.07) is 35.0. The molecule has 0 spiro atoms. The summed E-state index contributed by atoms with van der Waals surface area (Å²) in [5, 5.41) is 9.91. The number of rotatable bonds is 10. The lowest BCUT2D eigenvalue weighted by molar-refractivity contribution is -0.118. The van der Waals surface area contributed by atoms with Crippen molar-refractivity contribution in [1.82, 2.24) is 0 Å². The van der Waals surface area contributed by atoms with Crippen LogP contribution in [0.5, 0.6) is 11.5 Å². The smallest absolute Gasteiger partial charge is 0.262 e. The van der Waals surface area contributed by atoms with E-state index in [1.807, 2.05) is 109 Å². The second kappa shape index (κ2) is 15.0. The number of nitrogens with one attached hydrogen (secondary N) is 2. The van der Waals surface area contributed by atoms with Crippen LogP contribution in [-0.2, 0) is 16.0 Å². The van der Waals surface area contributed by atoms with Gasteiger partial charge in [-0.05, 0) is 132 Å².